The van der Waals surface area contributed by atoms with Gasteiger partial charge in [-0.15, -0.1) is 21.5 Å². The monoisotopic (exact) mass is 494 g/mol. The van der Waals surface area contributed by atoms with Gasteiger partial charge in [-0.05, 0) is 55.5 Å². The molecule has 11 heteroatoms. The molecule has 170 valence electrons. The number of nitrogens with one attached hydrogen (secondary N) is 1. The number of carbonyl (C=O) groups is 2. The summed E-state index contributed by atoms with van der Waals surface area (Å²) >= 11 is 8.73. The Hall–Kier alpha value is -2.56. The van der Waals surface area contributed by atoms with Gasteiger partial charge < -0.3 is 19.4 Å². The van der Waals surface area contributed by atoms with Crippen molar-refractivity contribution in [1.82, 2.24) is 14.8 Å². The SMILES string of the molecule is COC(=O)c1ccsc1NC(=O)CSc1nnc(C(C)Oc2cc(C)c(Cl)c(C)c2)n1C. The van der Waals surface area contributed by atoms with Crippen LogP contribution in [0.1, 0.15) is 40.3 Å². The van der Waals surface area contributed by atoms with Crippen LogP contribution in [-0.4, -0.2) is 39.5 Å². The number of esters is 1. The molecule has 8 nitrogen and oxygen atoms in total. The van der Waals surface area contributed by atoms with Crippen LogP contribution in [0, 0.1) is 13.8 Å². The van der Waals surface area contributed by atoms with Crippen LogP contribution < -0.4 is 10.1 Å². The fraction of sp³-hybridized carbons (Fsp3) is 0.333. The highest BCUT2D eigenvalue weighted by Crippen LogP contribution is 2.29. The van der Waals surface area contributed by atoms with Crippen LogP contribution in [-0.2, 0) is 16.6 Å². The van der Waals surface area contributed by atoms with Crippen molar-refractivity contribution in [2.75, 3.05) is 18.2 Å². The molecule has 0 saturated carbocycles. The number of thiophene rings is 1. The fourth-order valence-electron chi connectivity index (χ4n) is 3.01. The zero-order chi connectivity index (χ0) is 23.4. The lowest BCUT2D eigenvalue weighted by atomic mass is 10.1. The third-order valence-corrected chi connectivity index (χ3v) is 7.06. The molecule has 2 heterocycles. The lowest BCUT2D eigenvalue weighted by molar-refractivity contribution is -0.113. The van der Waals surface area contributed by atoms with E-state index in [0.717, 1.165) is 16.1 Å². The third-order valence-electron chi connectivity index (χ3n) is 4.61. The zero-order valence-corrected chi connectivity index (χ0v) is 20.7. The van der Waals surface area contributed by atoms with Gasteiger partial charge in [0.15, 0.2) is 17.1 Å². The lowest BCUT2D eigenvalue weighted by Gasteiger charge is -2.16. The number of halogens is 1. The molecule has 0 aliphatic rings. The highest BCUT2D eigenvalue weighted by molar-refractivity contribution is 7.99. The second kappa shape index (κ2) is 10.4. The Bertz CT molecular complexity index is 1120. The molecule has 0 fully saturated rings. The molecule has 1 aromatic carbocycles. The van der Waals surface area contributed by atoms with Crippen molar-refractivity contribution in [2.45, 2.75) is 32.0 Å². The van der Waals surface area contributed by atoms with E-state index >= 15 is 0 Å². The summed E-state index contributed by atoms with van der Waals surface area (Å²) in [5.41, 5.74) is 2.21. The van der Waals surface area contributed by atoms with E-state index < -0.39 is 5.97 Å². The summed E-state index contributed by atoms with van der Waals surface area (Å²) < 4.78 is 12.6. The van der Waals surface area contributed by atoms with E-state index in [-0.39, 0.29) is 17.8 Å². The highest BCUT2D eigenvalue weighted by Gasteiger charge is 2.20. The molecule has 0 aliphatic heterocycles. The average Bonchev–Trinajstić information content (AvgIpc) is 3.36. The van der Waals surface area contributed by atoms with Gasteiger partial charge in [-0.2, -0.15) is 0 Å². The number of methoxy groups -OCH3 is 1. The van der Waals surface area contributed by atoms with E-state index in [1.807, 2.05) is 40.0 Å². The molecule has 1 atom stereocenters. The zero-order valence-electron chi connectivity index (χ0n) is 18.3. The Morgan fingerprint density at radius 2 is 1.97 bits per heavy atom. The number of nitrogens with zero attached hydrogens (tertiary/aromatic N) is 3. The number of thioether (sulfide) groups is 1. The van der Waals surface area contributed by atoms with Crippen molar-refractivity contribution in [3.05, 3.63) is 51.1 Å². The van der Waals surface area contributed by atoms with E-state index in [0.29, 0.717) is 27.3 Å². The van der Waals surface area contributed by atoms with E-state index in [1.54, 1.807) is 16.0 Å². The van der Waals surface area contributed by atoms with Crippen LogP contribution in [0.2, 0.25) is 5.02 Å². The summed E-state index contributed by atoms with van der Waals surface area (Å²) in [4.78, 5) is 24.1. The molecule has 1 amide bonds. The van der Waals surface area contributed by atoms with Crippen LogP contribution in [0.4, 0.5) is 5.00 Å². The molecule has 0 saturated heterocycles. The molecular weight excluding hydrogens is 472 g/mol. The van der Waals surface area contributed by atoms with Gasteiger partial charge in [-0.1, -0.05) is 23.4 Å². The van der Waals surface area contributed by atoms with Crippen molar-refractivity contribution in [2.24, 2.45) is 7.05 Å². The molecule has 1 N–H and O–H groups in total. The largest absolute Gasteiger partial charge is 0.483 e. The normalized spacial score (nSPS) is 11.8. The predicted octanol–water partition coefficient (Wildman–Crippen LogP) is 4.80. The Morgan fingerprint density at radius 1 is 1.28 bits per heavy atom. The number of benzene rings is 1. The van der Waals surface area contributed by atoms with E-state index in [9.17, 15) is 9.59 Å². The smallest absolute Gasteiger partial charge is 0.340 e. The number of ether oxygens (including phenoxy) is 2. The maximum absolute atomic E-state index is 12.4. The highest BCUT2D eigenvalue weighted by atomic mass is 35.5. The number of anilines is 1. The van der Waals surface area contributed by atoms with Crippen molar-refractivity contribution < 1.29 is 19.1 Å². The van der Waals surface area contributed by atoms with Gasteiger partial charge >= 0.3 is 5.97 Å². The Labute approximate surface area is 199 Å². The van der Waals surface area contributed by atoms with Gasteiger partial charge in [-0.25, -0.2) is 4.79 Å². The second-order valence-electron chi connectivity index (χ2n) is 7.02. The lowest BCUT2D eigenvalue weighted by Crippen LogP contribution is -2.16. The number of rotatable bonds is 8. The molecule has 3 aromatic rings. The number of aryl methyl sites for hydroxylation is 2. The van der Waals surface area contributed by atoms with E-state index in [4.69, 9.17) is 21.1 Å². The van der Waals surface area contributed by atoms with Gasteiger partial charge in [0.1, 0.15) is 10.8 Å². The van der Waals surface area contributed by atoms with Crippen molar-refractivity contribution in [1.29, 1.82) is 0 Å². The number of amides is 1. The first kappa shape index (κ1) is 24.1. The van der Waals surface area contributed by atoms with Gasteiger partial charge in [0.25, 0.3) is 0 Å². The molecule has 0 aliphatic carbocycles. The minimum Gasteiger partial charge on any atom is -0.483 e. The van der Waals surface area contributed by atoms with Gasteiger partial charge in [0.2, 0.25) is 5.91 Å². The first-order valence-electron chi connectivity index (χ1n) is 9.62. The van der Waals surface area contributed by atoms with Crippen molar-refractivity contribution >= 4 is 51.6 Å². The second-order valence-corrected chi connectivity index (χ2v) is 9.26. The van der Waals surface area contributed by atoms with Crippen LogP contribution in [0.15, 0.2) is 28.7 Å². The predicted molar refractivity (Wildman–Crippen MR) is 126 cm³/mol. The summed E-state index contributed by atoms with van der Waals surface area (Å²) in [5.74, 6) is 0.681. The average molecular weight is 495 g/mol. The summed E-state index contributed by atoms with van der Waals surface area (Å²) in [7, 11) is 3.12. The summed E-state index contributed by atoms with van der Waals surface area (Å²) in [6, 6.07) is 5.38. The fourth-order valence-corrected chi connectivity index (χ4v) is 4.62. The minimum absolute atomic E-state index is 0.106. The van der Waals surface area contributed by atoms with Crippen molar-refractivity contribution in [3.63, 3.8) is 0 Å². The first-order chi connectivity index (χ1) is 15.2. The summed E-state index contributed by atoms with van der Waals surface area (Å²) in [6.07, 6.45) is -0.357. The molecule has 1 unspecified atom stereocenters. The molecule has 0 bridgehead atoms. The topological polar surface area (TPSA) is 95.3 Å². The van der Waals surface area contributed by atoms with Crippen LogP contribution >= 0.6 is 34.7 Å². The molecule has 0 radical (unpaired) electrons. The number of carbonyl (C=O) groups excluding carboxylic acids is 2. The molecular formula is C21H23ClN4O4S2. The Balaban J connectivity index is 1.62. The number of hydrogen-bond donors (Lipinski definition) is 1. The maximum atomic E-state index is 12.4. The van der Waals surface area contributed by atoms with Crippen molar-refractivity contribution in [3.8, 4) is 5.75 Å². The maximum Gasteiger partial charge on any atom is 0.340 e. The first-order valence-corrected chi connectivity index (χ1v) is 11.9. The Kier molecular flexibility index (Phi) is 7.81. The molecule has 2 aromatic heterocycles. The van der Waals surface area contributed by atoms with E-state index in [1.165, 1.54) is 30.2 Å². The quantitative estimate of drug-likeness (QED) is 0.355. The molecule has 3 rings (SSSR count). The standard InChI is InChI=1S/C21H23ClN4O4S2/c1-11-8-14(9-12(2)17(11)22)30-13(3)18-24-25-21(26(18)4)32-10-16(27)23-19-15(6-7-31-19)20(28)29-5/h6-9,13H,10H2,1-5H3,(H,23,27). The van der Waals surface area contributed by atoms with Crippen LogP contribution in [0.5, 0.6) is 5.75 Å². The molecule has 32 heavy (non-hydrogen) atoms. The Morgan fingerprint density at radius 3 is 2.62 bits per heavy atom. The number of aromatic nitrogens is 3. The van der Waals surface area contributed by atoms with Gasteiger partial charge in [0, 0.05) is 12.1 Å². The third kappa shape index (κ3) is 5.43. The number of hydrogen-bond acceptors (Lipinski definition) is 8. The van der Waals surface area contributed by atoms with Gasteiger partial charge in [0.05, 0.1) is 18.4 Å². The van der Waals surface area contributed by atoms with Gasteiger partial charge in [-0.3, -0.25) is 4.79 Å². The van der Waals surface area contributed by atoms with Crippen LogP contribution in [0.25, 0.3) is 0 Å². The van der Waals surface area contributed by atoms with Crippen LogP contribution in [0.3, 0.4) is 0 Å². The molecule has 0 spiro atoms. The summed E-state index contributed by atoms with van der Waals surface area (Å²) in [5, 5.41) is 14.6. The van der Waals surface area contributed by atoms with E-state index in [2.05, 4.69) is 15.5 Å². The summed E-state index contributed by atoms with van der Waals surface area (Å²) in [6.45, 7) is 5.74. The minimum atomic E-state index is -0.493.